The van der Waals surface area contributed by atoms with E-state index in [-0.39, 0.29) is 18.1 Å². The third-order valence-electron chi connectivity index (χ3n) is 4.51. The number of carbonyl (C=O) groups excluding carboxylic acids is 1. The Morgan fingerprint density at radius 2 is 1.85 bits per heavy atom. The van der Waals surface area contributed by atoms with Gasteiger partial charge in [0, 0.05) is 10.5 Å². The first kappa shape index (κ1) is 19.4. The first-order chi connectivity index (χ1) is 13.1. The Hall–Kier alpha value is -2.35. The normalized spacial score (nSPS) is 19.2. The van der Waals surface area contributed by atoms with Gasteiger partial charge in [-0.3, -0.25) is 9.78 Å². The fourth-order valence-electron chi connectivity index (χ4n) is 3.05. The molecule has 0 radical (unpaired) electrons. The van der Waals surface area contributed by atoms with Gasteiger partial charge < -0.3 is 19.5 Å². The van der Waals surface area contributed by atoms with Crippen molar-refractivity contribution in [3.05, 3.63) is 40.6 Å². The number of ether oxygens (including phenoxy) is 3. The van der Waals surface area contributed by atoms with Crippen LogP contribution < -0.4 is 19.5 Å². The lowest BCUT2D eigenvalue weighted by Gasteiger charge is -2.29. The number of nitrogens with zero attached hydrogens (tertiary/aromatic N) is 2. The predicted molar refractivity (Wildman–Crippen MR) is 103 cm³/mol. The van der Waals surface area contributed by atoms with Crippen LogP contribution in [0.15, 0.2) is 35.1 Å². The van der Waals surface area contributed by atoms with Crippen molar-refractivity contribution in [3.8, 4) is 17.5 Å². The van der Waals surface area contributed by atoms with E-state index in [9.17, 15) is 4.79 Å². The van der Waals surface area contributed by atoms with Gasteiger partial charge in [-0.25, -0.2) is 0 Å². The van der Waals surface area contributed by atoms with Crippen LogP contribution in [0.4, 0.5) is 0 Å². The topological polar surface area (TPSA) is 82.6 Å². The van der Waals surface area contributed by atoms with Crippen LogP contribution in [0.3, 0.4) is 0 Å². The quantitative estimate of drug-likeness (QED) is 0.748. The number of hydrogen-bond acceptors (Lipinski definition) is 6. The molecule has 7 nitrogen and oxygen atoms in total. The van der Waals surface area contributed by atoms with E-state index in [0.29, 0.717) is 23.1 Å². The van der Waals surface area contributed by atoms with Gasteiger partial charge in [-0.15, -0.1) is 0 Å². The lowest BCUT2D eigenvalue weighted by atomic mass is 9.92. The zero-order chi connectivity index (χ0) is 19.2. The predicted octanol–water partition coefficient (Wildman–Crippen LogP) is 3.38. The maximum atomic E-state index is 12.6. The highest BCUT2D eigenvalue weighted by Gasteiger charge is 2.25. The van der Waals surface area contributed by atoms with Crippen molar-refractivity contribution in [2.45, 2.75) is 37.8 Å². The minimum absolute atomic E-state index is 0.0584. The molecule has 0 aliphatic heterocycles. The maximum absolute atomic E-state index is 12.6. The Bertz CT molecular complexity index is 794. The minimum atomic E-state index is -0.108. The highest BCUT2D eigenvalue weighted by molar-refractivity contribution is 9.10. The van der Waals surface area contributed by atoms with Crippen molar-refractivity contribution < 1.29 is 19.0 Å². The lowest BCUT2D eigenvalue weighted by Crippen LogP contribution is -2.39. The summed E-state index contributed by atoms with van der Waals surface area (Å²) in [5.41, 5.74) is 0.569. The molecule has 1 saturated carbocycles. The summed E-state index contributed by atoms with van der Waals surface area (Å²) in [7, 11) is 3.13. The first-order valence-corrected chi connectivity index (χ1v) is 9.55. The fraction of sp³-hybridized carbons (Fsp3) is 0.421. The summed E-state index contributed by atoms with van der Waals surface area (Å²) in [5.74, 6) is 1.43. The average molecular weight is 436 g/mol. The van der Waals surface area contributed by atoms with Gasteiger partial charge in [0.05, 0.1) is 32.2 Å². The number of hydrogen-bond donors (Lipinski definition) is 1. The third-order valence-corrected chi connectivity index (χ3v) is 5.21. The number of methoxy groups -OCH3 is 2. The van der Waals surface area contributed by atoms with E-state index in [2.05, 4.69) is 31.2 Å². The molecule has 8 heteroatoms. The standard InChI is InChI=1S/C19H22BrN3O4/c1-25-14-7-8-16(20)15(9-14)19(24)22-12-3-5-13(6-4-12)27-18-11-21-10-17(23-18)26-2/h7-13H,3-6H2,1-2H3,(H,22,24). The summed E-state index contributed by atoms with van der Waals surface area (Å²) >= 11 is 3.42. The molecule has 0 unspecified atom stereocenters. The van der Waals surface area contributed by atoms with Gasteiger partial charge in [0.2, 0.25) is 11.8 Å². The Kier molecular flexibility index (Phi) is 6.49. The average Bonchev–Trinajstić information content (AvgIpc) is 2.70. The molecule has 0 spiro atoms. The number of rotatable bonds is 6. The summed E-state index contributed by atoms with van der Waals surface area (Å²) in [6.07, 6.45) is 6.53. The van der Waals surface area contributed by atoms with Gasteiger partial charge in [0.1, 0.15) is 11.9 Å². The minimum Gasteiger partial charge on any atom is -0.497 e. The molecule has 1 aromatic carbocycles. The molecule has 27 heavy (non-hydrogen) atoms. The third kappa shape index (κ3) is 5.09. The Balaban J connectivity index is 1.52. The molecule has 1 aliphatic carbocycles. The number of halogens is 1. The van der Waals surface area contributed by atoms with E-state index in [1.165, 1.54) is 6.20 Å². The molecular formula is C19H22BrN3O4. The fourth-order valence-corrected chi connectivity index (χ4v) is 3.48. The van der Waals surface area contributed by atoms with Crippen LogP contribution in [0.2, 0.25) is 0 Å². The van der Waals surface area contributed by atoms with Crippen LogP contribution in [0.1, 0.15) is 36.0 Å². The second kappa shape index (κ2) is 9.03. The molecule has 1 amide bonds. The second-order valence-corrected chi connectivity index (χ2v) is 7.16. The second-order valence-electron chi connectivity index (χ2n) is 6.31. The van der Waals surface area contributed by atoms with Crippen molar-refractivity contribution in [2.24, 2.45) is 0 Å². The Morgan fingerprint density at radius 1 is 1.11 bits per heavy atom. The molecule has 0 bridgehead atoms. The van der Waals surface area contributed by atoms with Crippen LogP contribution in [0.25, 0.3) is 0 Å². The molecule has 1 aromatic heterocycles. The molecule has 1 heterocycles. The zero-order valence-corrected chi connectivity index (χ0v) is 16.9. The largest absolute Gasteiger partial charge is 0.497 e. The van der Waals surface area contributed by atoms with E-state index in [0.717, 1.165) is 30.2 Å². The molecule has 0 atom stereocenters. The Morgan fingerprint density at radius 3 is 2.56 bits per heavy atom. The van der Waals surface area contributed by atoms with E-state index in [1.54, 1.807) is 26.5 Å². The van der Waals surface area contributed by atoms with Gasteiger partial charge in [-0.05, 0) is 59.8 Å². The van der Waals surface area contributed by atoms with Crippen molar-refractivity contribution in [2.75, 3.05) is 14.2 Å². The van der Waals surface area contributed by atoms with Gasteiger partial charge in [0.15, 0.2) is 0 Å². The van der Waals surface area contributed by atoms with Crippen LogP contribution in [-0.2, 0) is 0 Å². The summed E-state index contributed by atoms with van der Waals surface area (Å²) in [6.45, 7) is 0. The zero-order valence-electron chi connectivity index (χ0n) is 15.3. The van der Waals surface area contributed by atoms with E-state index >= 15 is 0 Å². The highest BCUT2D eigenvalue weighted by atomic mass is 79.9. The van der Waals surface area contributed by atoms with Crippen molar-refractivity contribution in [3.63, 3.8) is 0 Å². The molecular weight excluding hydrogens is 414 g/mol. The summed E-state index contributed by atoms with van der Waals surface area (Å²) < 4.78 is 16.9. The molecule has 144 valence electrons. The molecule has 1 N–H and O–H groups in total. The number of benzene rings is 1. The van der Waals surface area contributed by atoms with Crippen LogP contribution in [0.5, 0.6) is 17.5 Å². The number of amides is 1. The SMILES string of the molecule is COc1ccc(Br)c(C(=O)NC2CCC(Oc3cncc(OC)n3)CC2)c1. The number of nitrogens with one attached hydrogen (secondary N) is 1. The van der Waals surface area contributed by atoms with Crippen LogP contribution >= 0.6 is 15.9 Å². The molecule has 3 rings (SSSR count). The molecule has 1 fully saturated rings. The molecule has 1 aliphatic rings. The van der Waals surface area contributed by atoms with Crippen LogP contribution in [0, 0.1) is 0 Å². The molecule has 2 aromatic rings. The Labute approximate surface area is 166 Å². The van der Waals surface area contributed by atoms with Crippen molar-refractivity contribution in [1.82, 2.24) is 15.3 Å². The molecule has 0 saturated heterocycles. The summed E-state index contributed by atoms with van der Waals surface area (Å²) in [4.78, 5) is 20.9. The van der Waals surface area contributed by atoms with Gasteiger partial charge >= 0.3 is 0 Å². The van der Waals surface area contributed by atoms with Crippen molar-refractivity contribution >= 4 is 21.8 Å². The van der Waals surface area contributed by atoms with Gasteiger partial charge in [0.25, 0.3) is 5.91 Å². The van der Waals surface area contributed by atoms with Crippen molar-refractivity contribution in [1.29, 1.82) is 0 Å². The highest BCUT2D eigenvalue weighted by Crippen LogP contribution is 2.26. The first-order valence-electron chi connectivity index (χ1n) is 8.76. The van der Waals surface area contributed by atoms with E-state index in [1.807, 2.05) is 12.1 Å². The summed E-state index contributed by atoms with van der Waals surface area (Å²) in [5, 5.41) is 3.10. The maximum Gasteiger partial charge on any atom is 0.252 e. The smallest absolute Gasteiger partial charge is 0.252 e. The van der Waals surface area contributed by atoms with Crippen LogP contribution in [-0.4, -0.2) is 42.2 Å². The number of carbonyl (C=O) groups is 1. The lowest BCUT2D eigenvalue weighted by molar-refractivity contribution is 0.0888. The number of aromatic nitrogens is 2. The monoisotopic (exact) mass is 435 g/mol. The van der Waals surface area contributed by atoms with Gasteiger partial charge in [-0.2, -0.15) is 4.98 Å². The van der Waals surface area contributed by atoms with E-state index in [4.69, 9.17) is 14.2 Å². The van der Waals surface area contributed by atoms with Gasteiger partial charge in [-0.1, -0.05) is 0 Å². The van der Waals surface area contributed by atoms with E-state index < -0.39 is 0 Å². The summed E-state index contributed by atoms with van der Waals surface area (Å²) in [6, 6.07) is 5.47.